The molecule has 0 unspecified atom stereocenters. The summed E-state index contributed by atoms with van der Waals surface area (Å²) in [7, 11) is 0. The molecule has 6 nitrogen and oxygen atoms in total. The van der Waals surface area contributed by atoms with Gasteiger partial charge in [-0.25, -0.2) is 0 Å². The van der Waals surface area contributed by atoms with Gasteiger partial charge in [-0.2, -0.15) is 13.2 Å². The number of carbonyl (C=O) groups excluding carboxylic acids is 3. The van der Waals surface area contributed by atoms with Crippen LogP contribution in [-0.2, 0) is 20.6 Å². The van der Waals surface area contributed by atoms with Crippen molar-refractivity contribution in [2.24, 2.45) is 0 Å². The highest BCUT2D eigenvalue weighted by Crippen LogP contribution is 2.44. The van der Waals surface area contributed by atoms with Gasteiger partial charge in [0.15, 0.2) is 0 Å². The number of carbonyl (C=O) groups is 3. The summed E-state index contributed by atoms with van der Waals surface area (Å²) in [4.78, 5) is 41.5. The topological polar surface area (TPSA) is 69.7 Å². The molecule has 3 amide bonds. The highest BCUT2D eigenvalue weighted by Gasteiger charge is 2.42. The van der Waals surface area contributed by atoms with Crippen molar-refractivity contribution in [2.45, 2.75) is 13.1 Å². The van der Waals surface area contributed by atoms with E-state index in [4.69, 9.17) is 12.2 Å². The molecule has 0 bridgehead atoms. The SMILES string of the molecule is CCN1C(=O)/C(=C2/C(=O)N(CC(=O)Nc3cccc(C(F)(F)F)c3)c3ccccc32)SC1=S. The normalized spacial score (nSPS) is 18.2. The van der Waals surface area contributed by atoms with Gasteiger partial charge in [0.2, 0.25) is 5.91 Å². The molecule has 0 radical (unpaired) electrons. The first-order valence-corrected chi connectivity index (χ1v) is 11.0. The van der Waals surface area contributed by atoms with Crippen LogP contribution in [0.5, 0.6) is 0 Å². The number of thioether (sulfide) groups is 1. The molecule has 0 atom stereocenters. The van der Waals surface area contributed by atoms with Crippen LogP contribution in [0.15, 0.2) is 53.4 Å². The van der Waals surface area contributed by atoms with E-state index in [9.17, 15) is 27.6 Å². The molecule has 2 aliphatic rings. The van der Waals surface area contributed by atoms with Crippen LogP contribution in [0.4, 0.5) is 24.5 Å². The Hall–Kier alpha value is -3.18. The zero-order valence-electron chi connectivity index (χ0n) is 17.1. The molecule has 2 aromatic rings. The minimum atomic E-state index is -4.55. The number of benzene rings is 2. The van der Waals surface area contributed by atoms with Crippen LogP contribution in [0.2, 0.25) is 0 Å². The fourth-order valence-corrected chi connectivity index (χ4v) is 5.05. The predicted octanol–water partition coefficient (Wildman–Crippen LogP) is 4.28. The molecule has 2 aliphatic heterocycles. The average molecular weight is 492 g/mol. The lowest BCUT2D eigenvalue weighted by Crippen LogP contribution is -2.35. The maximum atomic E-state index is 13.3. The monoisotopic (exact) mass is 491 g/mol. The number of para-hydroxylation sites is 1. The smallest absolute Gasteiger partial charge is 0.325 e. The Morgan fingerprint density at radius 1 is 1.06 bits per heavy atom. The summed E-state index contributed by atoms with van der Waals surface area (Å²) in [6.45, 7) is 1.69. The lowest BCUT2D eigenvalue weighted by atomic mass is 10.1. The lowest BCUT2D eigenvalue weighted by molar-refractivity contribution is -0.137. The van der Waals surface area contributed by atoms with Gasteiger partial charge >= 0.3 is 6.18 Å². The number of nitrogens with zero attached hydrogens (tertiary/aromatic N) is 2. The molecule has 33 heavy (non-hydrogen) atoms. The molecule has 2 aromatic carbocycles. The van der Waals surface area contributed by atoms with Gasteiger partial charge in [-0.3, -0.25) is 24.2 Å². The van der Waals surface area contributed by atoms with Gasteiger partial charge in [-0.05, 0) is 31.2 Å². The minimum absolute atomic E-state index is 0.0428. The zero-order chi connectivity index (χ0) is 23.9. The van der Waals surface area contributed by atoms with Crippen molar-refractivity contribution in [3.8, 4) is 0 Å². The molecule has 11 heteroatoms. The van der Waals surface area contributed by atoms with Gasteiger partial charge in [0.25, 0.3) is 11.8 Å². The van der Waals surface area contributed by atoms with Crippen molar-refractivity contribution >= 4 is 63.0 Å². The van der Waals surface area contributed by atoms with Crippen molar-refractivity contribution in [3.05, 3.63) is 64.6 Å². The molecular weight excluding hydrogens is 475 g/mol. The van der Waals surface area contributed by atoms with Crippen molar-refractivity contribution in [2.75, 3.05) is 23.3 Å². The van der Waals surface area contributed by atoms with Gasteiger partial charge < -0.3 is 5.32 Å². The van der Waals surface area contributed by atoms with Gasteiger partial charge in [-0.1, -0.05) is 48.2 Å². The molecule has 0 spiro atoms. The second-order valence-electron chi connectivity index (χ2n) is 7.16. The number of likely N-dealkylation sites (N-methyl/N-ethyl adjacent to an activating group) is 1. The Morgan fingerprint density at radius 3 is 2.45 bits per heavy atom. The zero-order valence-corrected chi connectivity index (χ0v) is 18.7. The third kappa shape index (κ3) is 4.25. The molecule has 0 aliphatic carbocycles. The van der Waals surface area contributed by atoms with E-state index in [0.29, 0.717) is 22.1 Å². The molecule has 2 heterocycles. The minimum Gasteiger partial charge on any atom is -0.325 e. The summed E-state index contributed by atoms with van der Waals surface area (Å²) in [6.07, 6.45) is -4.55. The van der Waals surface area contributed by atoms with E-state index in [2.05, 4.69) is 5.32 Å². The first-order valence-electron chi connectivity index (χ1n) is 9.78. The summed E-state index contributed by atoms with van der Waals surface area (Å²) >= 11 is 6.27. The van der Waals surface area contributed by atoms with E-state index in [1.54, 1.807) is 31.2 Å². The van der Waals surface area contributed by atoms with Gasteiger partial charge in [-0.15, -0.1) is 0 Å². The molecule has 1 N–H and O–H groups in total. The Balaban J connectivity index is 1.62. The van der Waals surface area contributed by atoms with Crippen LogP contribution in [0.3, 0.4) is 0 Å². The number of amides is 3. The number of fused-ring (bicyclic) bond motifs is 1. The highest BCUT2D eigenvalue weighted by atomic mass is 32.2. The number of rotatable bonds is 4. The fraction of sp³-hybridized carbons (Fsp3) is 0.182. The van der Waals surface area contributed by atoms with Crippen molar-refractivity contribution in [1.29, 1.82) is 0 Å². The number of alkyl halides is 3. The molecule has 1 saturated heterocycles. The van der Waals surface area contributed by atoms with Crippen LogP contribution in [0.25, 0.3) is 5.57 Å². The van der Waals surface area contributed by atoms with Gasteiger partial charge in [0.05, 0.1) is 21.7 Å². The standard InChI is InChI=1S/C22H16F3N3O3S2/c1-2-27-20(31)18(33-21(27)32)17-14-8-3-4-9-15(14)28(19(17)30)11-16(29)26-13-7-5-6-12(10-13)22(23,24)25/h3-10H,2,11H2,1H3,(H,26,29)/b18-17-. The summed E-state index contributed by atoms with van der Waals surface area (Å²) in [5.74, 6) is -1.60. The summed E-state index contributed by atoms with van der Waals surface area (Å²) in [5.41, 5.74) is 0.136. The van der Waals surface area contributed by atoms with Crippen molar-refractivity contribution < 1.29 is 27.6 Å². The maximum Gasteiger partial charge on any atom is 0.416 e. The average Bonchev–Trinajstić information content (AvgIpc) is 3.19. The number of anilines is 2. The molecule has 4 rings (SSSR count). The fourth-order valence-electron chi connectivity index (χ4n) is 3.60. The molecular formula is C22H16F3N3O3S2. The Kier molecular flexibility index (Phi) is 6.02. The van der Waals surface area contributed by atoms with Crippen molar-refractivity contribution in [3.63, 3.8) is 0 Å². The van der Waals surface area contributed by atoms with Gasteiger partial charge in [0.1, 0.15) is 10.9 Å². The Labute approximate surface area is 196 Å². The Morgan fingerprint density at radius 2 is 1.79 bits per heavy atom. The maximum absolute atomic E-state index is 13.3. The summed E-state index contributed by atoms with van der Waals surface area (Å²) in [5, 5.41) is 2.40. The quantitative estimate of drug-likeness (QED) is 0.511. The predicted molar refractivity (Wildman–Crippen MR) is 123 cm³/mol. The van der Waals surface area contributed by atoms with E-state index in [0.717, 1.165) is 23.9 Å². The molecule has 0 saturated carbocycles. The molecule has 1 fully saturated rings. The van der Waals surface area contributed by atoms with E-state index in [1.165, 1.54) is 21.9 Å². The molecule has 170 valence electrons. The third-order valence-corrected chi connectivity index (χ3v) is 6.54. The lowest BCUT2D eigenvalue weighted by Gasteiger charge is -2.17. The van der Waals surface area contributed by atoms with Crippen LogP contribution in [-0.4, -0.2) is 40.0 Å². The van der Waals surface area contributed by atoms with Crippen LogP contribution in [0.1, 0.15) is 18.1 Å². The van der Waals surface area contributed by atoms with E-state index in [-0.39, 0.29) is 22.1 Å². The van der Waals surface area contributed by atoms with E-state index in [1.807, 2.05) is 0 Å². The number of thiocarbonyl (C=S) groups is 1. The summed E-state index contributed by atoms with van der Waals surface area (Å²) < 4.78 is 39.2. The van der Waals surface area contributed by atoms with E-state index < -0.39 is 30.1 Å². The number of hydrogen-bond donors (Lipinski definition) is 1. The van der Waals surface area contributed by atoms with Crippen molar-refractivity contribution in [1.82, 2.24) is 4.90 Å². The Bertz CT molecular complexity index is 1230. The van der Waals surface area contributed by atoms with Crippen LogP contribution < -0.4 is 10.2 Å². The second kappa shape index (κ2) is 8.64. The first kappa shape index (κ1) is 23.0. The largest absolute Gasteiger partial charge is 0.416 e. The number of nitrogens with one attached hydrogen (secondary N) is 1. The van der Waals surface area contributed by atoms with Crippen LogP contribution in [0, 0.1) is 0 Å². The molecule has 0 aromatic heterocycles. The highest BCUT2D eigenvalue weighted by molar-refractivity contribution is 8.26. The number of hydrogen-bond acceptors (Lipinski definition) is 5. The summed E-state index contributed by atoms with van der Waals surface area (Å²) in [6, 6.07) is 10.9. The van der Waals surface area contributed by atoms with Gasteiger partial charge in [0, 0.05) is 17.8 Å². The van der Waals surface area contributed by atoms with E-state index >= 15 is 0 Å². The third-order valence-electron chi connectivity index (χ3n) is 5.09. The first-order chi connectivity index (χ1) is 15.6. The van der Waals surface area contributed by atoms with Crippen LogP contribution >= 0.6 is 24.0 Å². The second-order valence-corrected chi connectivity index (χ2v) is 8.80. The number of halogens is 3.